The molecular formula is C32H43F3N7O5S-. The summed E-state index contributed by atoms with van der Waals surface area (Å²) >= 11 is -2.63. The Hall–Kier alpha value is -2.89. The fourth-order valence-electron chi connectivity index (χ4n) is 7.31. The molecule has 4 saturated heterocycles. The molecule has 1 unspecified atom stereocenters. The Kier molecular flexibility index (Phi) is 10.3. The van der Waals surface area contributed by atoms with Crippen LogP contribution in [0, 0.1) is 11.2 Å². The molecule has 48 heavy (non-hydrogen) atoms. The lowest BCUT2D eigenvalue weighted by atomic mass is 9.72. The number of halogens is 3. The fourth-order valence-corrected chi connectivity index (χ4v) is 8.02. The van der Waals surface area contributed by atoms with E-state index in [-0.39, 0.29) is 41.4 Å². The van der Waals surface area contributed by atoms with E-state index in [9.17, 15) is 26.7 Å². The molecule has 0 saturated carbocycles. The van der Waals surface area contributed by atoms with Crippen molar-refractivity contribution in [2.24, 2.45) is 5.41 Å². The van der Waals surface area contributed by atoms with Gasteiger partial charge in [-0.3, -0.25) is 9.00 Å². The summed E-state index contributed by atoms with van der Waals surface area (Å²) < 4.78 is 77.8. The number of ether oxygens (including phenoxy) is 2. The SMILES string of the molecule is CCN(C(=O)c1cc(F)ccc1Oc1cncnc1N1CC2(CCN(C[C@@H]3CC[C@@H](N(N4CC(F)(F)C4)S(=O)[O-])CO3)CC2)C1)C(C)C. The van der Waals surface area contributed by atoms with Crippen molar-refractivity contribution in [1.29, 1.82) is 0 Å². The van der Waals surface area contributed by atoms with Gasteiger partial charge in [-0.15, -0.1) is 0 Å². The second-order valence-corrected chi connectivity index (χ2v) is 14.5. The van der Waals surface area contributed by atoms with E-state index < -0.39 is 42.1 Å². The maximum atomic E-state index is 14.3. The van der Waals surface area contributed by atoms with Crippen LogP contribution in [-0.2, 0) is 16.0 Å². The quantitative estimate of drug-likeness (QED) is 0.323. The summed E-state index contributed by atoms with van der Waals surface area (Å²) in [6, 6.07) is 3.40. The minimum absolute atomic E-state index is 0.0399. The third-order valence-corrected chi connectivity index (χ3v) is 10.8. The largest absolute Gasteiger partial charge is 0.759 e. The van der Waals surface area contributed by atoms with E-state index in [4.69, 9.17) is 9.47 Å². The topological polar surface area (TPSA) is 118 Å². The van der Waals surface area contributed by atoms with Gasteiger partial charge in [0.05, 0.1) is 43.6 Å². The lowest BCUT2D eigenvalue weighted by Gasteiger charge is -2.55. The number of aromatic nitrogens is 2. The Balaban J connectivity index is 1.01. The van der Waals surface area contributed by atoms with Crippen LogP contribution in [0.5, 0.6) is 11.5 Å². The Morgan fingerprint density at radius 3 is 2.50 bits per heavy atom. The molecule has 5 heterocycles. The molecule has 3 atom stereocenters. The normalized spacial score (nSPS) is 24.7. The molecule has 0 N–H and O–H groups in total. The van der Waals surface area contributed by atoms with Gasteiger partial charge in [-0.25, -0.2) is 28.1 Å². The second-order valence-electron chi connectivity index (χ2n) is 13.7. The van der Waals surface area contributed by atoms with Crippen molar-refractivity contribution < 1.29 is 36.2 Å². The molecule has 12 nitrogen and oxygen atoms in total. The number of hydrazine groups is 1. The summed E-state index contributed by atoms with van der Waals surface area (Å²) in [4.78, 5) is 28.2. The zero-order valence-electron chi connectivity index (χ0n) is 27.5. The molecular weight excluding hydrogens is 651 g/mol. The predicted octanol–water partition coefficient (Wildman–Crippen LogP) is 3.69. The molecule has 0 aliphatic carbocycles. The monoisotopic (exact) mass is 694 g/mol. The molecule has 0 radical (unpaired) electrons. The maximum Gasteiger partial charge on any atom is 0.275 e. The smallest absolute Gasteiger partial charge is 0.275 e. The van der Waals surface area contributed by atoms with E-state index >= 15 is 0 Å². The highest BCUT2D eigenvalue weighted by molar-refractivity contribution is 7.76. The number of rotatable bonds is 11. The van der Waals surface area contributed by atoms with Crippen LogP contribution in [-0.4, -0.2) is 127 Å². The van der Waals surface area contributed by atoms with Gasteiger partial charge in [-0.2, -0.15) is 4.41 Å². The number of alkyl halides is 2. The molecule has 4 aliphatic heterocycles. The number of likely N-dealkylation sites (tertiary alicyclic amines) is 1. The van der Waals surface area contributed by atoms with Gasteiger partial charge in [0.25, 0.3) is 11.8 Å². The van der Waals surface area contributed by atoms with E-state index in [2.05, 4.69) is 19.8 Å². The van der Waals surface area contributed by atoms with Crippen molar-refractivity contribution in [1.82, 2.24) is 29.2 Å². The zero-order chi connectivity index (χ0) is 34.2. The molecule has 264 valence electrons. The second kappa shape index (κ2) is 14.2. The van der Waals surface area contributed by atoms with Gasteiger partial charge in [0.15, 0.2) is 11.6 Å². The van der Waals surface area contributed by atoms with Gasteiger partial charge in [0.1, 0.15) is 17.9 Å². The lowest BCUT2D eigenvalue weighted by molar-refractivity contribution is -0.206. The van der Waals surface area contributed by atoms with E-state index in [1.807, 2.05) is 20.8 Å². The average Bonchev–Trinajstić information content (AvgIpc) is 3.01. The molecule has 16 heteroatoms. The summed E-state index contributed by atoms with van der Waals surface area (Å²) in [5, 5.41) is 1.18. The molecule has 4 fully saturated rings. The molecule has 4 aliphatic rings. The van der Waals surface area contributed by atoms with E-state index in [0.717, 1.165) is 50.0 Å². The van der Waals surface area contributed by atoms with Gasteiger partial charge in [0.2, 0.25) is 0 Å². The van der Waals surface area contributed by atoms with Crippen molar-refractivity contribution in [3.8, 4) is 11.5 Å². The van der Waals surface area contributed by atoms with E-state index in [1.54, 1.807) is 11.1 Å². The van der Waals surface area contributed by atoms with Crippen LogP contribution >= 0.6 is 0 Å². The van der Waals surface area contributed by atoms with Gasteiger partial charge >= 0.3 is 0 Å². The molecule has 0 bridgehead atoms. The minimum Gasteiger partial charge on any atom is -0.759 e. The zero-order valence-corrected chi connectivity index (χ0v) is 28.3. The standard InChI is InChI=1S/C32H44F3N7O5S/c1-4-41(22(2)3)30(43)26-13-23(33)5-8-27(26)47-28-14-36-21-37-29(28)39-17-31(18-39)9-11-38(12-10-31)15-25-7-6-24(16-46-25)42(48(44)45)40-19-32(34,35)20-40/h5,8,13-14,21-22,24-25H,4,6-7,9-12,15-20H2,1-3H3,(H,44,45)/p-1/t24-,25+/m1/s1. The first-order valence-corrected chi connectivity index (χ1v) is 17.6. The van der Waals surface area contributed by atoms with Gasteiger partial charge in [-0.05, 0) is 77.7 Å². The van der Waals surface area contributed by atoms with Crippen LogP contribution in [0.4, 0.5) is 19.0 Å². The number of anilines is 1. The van der Waals surface area contributed by atoms with Gasteiger partial charge in [-0.1, -0.05) is 0 Å². The number of carbonyl (C=O) groups excluding carboxylic acids is 1. The van der Waals surface area contributed by atoms with Crippen LogP contribution in [0.25, 0.3) is 0 Å². The minimum atomic E-state index is -2.86. The van der Waals surface area contributed by atoms with E-state index in [1.165, 1.54) is 29.5 Å². The maximum absolute atomic E-state index is 14.3. The van der Waals surface area contributed by atoms with Crippen molar-refractivity contribution in [3.63, 3.8) is 0 Å². The highest BCUT2D eigenvalue weighted by Crippen LogP contribution is 2.45. The number of hydrogen-bond donors (Lipinski definition) is 0. The molecule has 1 aromatic carbocycles. The summed E-state index contributed by atoms with van der Waals surface area (Å²) in [7, 11) is 0. The number of piperidine rings is 1. The molecule has 1 amide bonds. The van der Waals surface area contributed by atoms with Gasteiger partial charge < -0.3 is 28.7 Å². The summed E-state index contributed by atoms with van der Waals surface area (Å²) in [5.41, 5.74) is 0.272. The number of carbonyl (C=O) groups is 1. The first-order chi connectivity index (χ1) is 22.9. The first kappa shape index (κ1) is 35.0. The number of amides is 1. The van der Waals surface area contributed by atoms with Crippen LogP contribution in [0.1, 0.15) is 56.8 Å². The Bertz CT molecular complexity index is 1470. The number of nitrogens with zero attached hydrogens (tertiary/aromatic N) is 7. The Morgan fingerprint density at radius 1 is 1.17 bits per heavy atom. The number of benzene rings is 1. The predicted molar refractivity (Wildman–Crippen MR) is 171 cm³/mol. The fraction of sp³-hybridized carbons (Fsp3) is 0.656. The highest BCUT2D eigenvalue weighted by Gasteiger charge is 2.49. The summed E-state index contributed by atoms with van der Waals surface area (Å²) in [6.07, 6.45) is 6.18. The van der Waals surface area contributed by atoms with Crippen LogP contribution in [0.2, 0.25) is 0 Å². The first-order valence-electron chi connectivity index (χ1n) is 16.6. The Morgan fingerprint density at radius 2 is 1.90 bits per heavy atom. The van der Waals surface area contributed by atoms with Crippen molar-refractivity contribution >= 4 is 23.0 Å². The Labute approximate surface area is 281 Å². The lowest BCUT2D eigenvalue weighted by Crippen LogP contribution is -2.66. The van der Waals surface area contributed by atoms with Crippen LogP contribution in [0.15, 0.2) is 30.7 Å². The van der Waals surface area contributed by atoms with Crippen molar-refractivity contribution in [2.75, 3.05) is 63.9 Å². The summed E-state index contributed by atoms with van der Waals surface area (Å²) in [6.45, 7) is 9.29. The molecule has 1 spiro atoms. The third kappa shape index (κ3) is 7.48. The van der Waals surface area contributed by atoms with Crippen molar-refractivity contribution in [3.05, 3.63) is 42.1 Å². The van der Waals surface area contributed by atoms with Gasteiger partial charge in [0, 0.05) is 48.9 Å². The van der Waals surface area contributed by atoms with Crippen molar-refractivity contribution in [2.45, 2.75) is 70.6 Å². The van der Waals surface area contributed by atoms with Crippen LogP contribution in [0.3, 0.4) is 0 Å². The highest BCUT2D eigenvalue weighted by atomic mass is 32.2. The summed E-state index contributed by atoms with van der Waals surface area (Å²) in [5.74, 6) is -2.43. The molecule has 6 rings (SSSR count). The molecule has 2 aromatic rings. The third-order valence-electron chi connectivity index (χ3n) is 9.92. The van der Waals surface area contributed by atoms with Crippen LogP contribution < -0.4 is 9.64 Å². The number of hydrogen-bond acceptors (Lipinski definition) is 10. The molecule has 1 aromatic heterocycles. The van der Waals surface area contributed by atoms with E-state index in [0.29, 0.717) is 31.0 Å². The average molecular weight is 695 g/mol.